The highest BCUT2D eigenvalue weighted by molar-refractivity contribution is 7.88. The molecule has 1 amide bonds. The third kappa shape index (κ3) is 5.00. The largest absolute Gasteiger partial charge is 0.480 e. The van der Waals surface area contributed by atoms with Crippen LogP contribution in [-0.2, 0) is 26.6 Å². The molecule has 140 valence electrons. The van der Waals surface area contributed by atoms with E-state index in [1.807, 2.05) is 0 Å². The number of carbonyl (C=O) groups is 2. The summed E-state index contributed by atoms with van der Waals surface area (Å²) in [5.41, 5.74) is 1.16. The quantitative estimate of drug-likeness (QED) is 0.672. The third-order valence-electron chi connectivity index (χ3n) is 3.83. The Bertz CT molecular complexity index is 759. The highest BCUT2D eigenvalue weighted by atomic mass is 32.2. The van der Waals surface area contributed by atoms with Crippen LogP contribution in [-0.4, -0.2) is 89.5 Å². The van der Waals surface area contributed by atoms with Gasteiger partial charge in [0, 0.05) is 26.7 Å². The smallest absolute Gasteiger partial charge is 0.318 e. The number of amides is 1. The van der Waals surface area contributed by atoms with E-state index in [0.29, 0.717) is 12.2 Å². The van der Waals surface area contributed by atoms with Crippen molar-refractivity contribution in [3.8, 4) is 0 Å². The van der Waals surface area contributed by atoms with Gasteiger partial charge in [0.1, 0.15) is 12.2 Å². The molecule has 1 aliphatic rings. The summed E-state index contributed by atoms with van der Waals surface area (Å²) in [4.78, 5) is 25.1. The van der Waals surface area contributed by atoms with Gasteiger partial charge in [0.25, 0.3) is 5.91 Å². The number of hydrogen-bond donors (Lipinski definition) is 1. The van der Waals surface area contributed by atoms with Gasteiger partial charge in [-0.05, 0) is 13.0 Å². The van der Waals surface area contributed by atoms with Gasteiger partial charge >= 0.3 is 5.97 Å². The number of nitrogens with zero attached hydrogens (tertiary/aromatic N) is 4. The van der Waals surface area contributed by atoms with Crippen LogP contribution >= 0.6 is 0 Å². The predicted octanol–water partition coefficient (Wildman–Crippen LogP) is -1.08. The summed E-state index contributed by atoms with van der Waals surface area (Å²) in [7, 11) is -2.02. The van der Waals surface area contributed by atoms with Crippen LogP contribution in [0, 0.1) is 6.92 Å². The zero-order valence-corrected chi connectivity index (χ0v) is 15.2. The van der Waals surface area contributed by atoms with Crippen LogP contribution in [0.2, 0.25) is 0 Å². The minimum absolute atomic E-state index is 0.126. The topological polar surface area (TPSA) is 122 Å². The van der Waals surface area contributed by atoms with E-state index in [1.165, 1.54) is 4.68 Å². The molecular formula is C14H22N4O6S. The maximum absolute atomic E-state index is 12.6. The molecule has 2 rings (SSSR count). The Morgan fingerprint density at radius 1 is 1.48 bits per heavy atom. The van der Waals surface area contributed by atoms with Crippen molar-refractivity contribution in [2.75, 3.05) is 39.0 Å². The molecule has 2 heterocycles. The van der Waals surface area contributed by atoms with E-state index in [-0.39, 0.29) is 25.6 Å². The Balaban J connectivity index is 2.08. The van der Waals surface area contributed by atoms with Crippen molar-refractivity contribution in [3.05, 3.63) is 17.5 Å². The number of hydrogen-bond acceptors (Lipinski definition) is 6. The molecule has 25 heavy (non-hydrogen) atoms. The van der Waals surface area contributed by atoms with Gasteiger partial charge in [0.2, 0.25) is 10.0 Å². The fraction of sp³-hybridized carbons (Fsp3) is 0.643. The summed E-state index contributed by atoms with van der Waals surface area (Å²) in [6.45, 7) is 1.81. The first-order chi connectivity index (χ1) is 11.6. The van der Waals surface area contributed by atoms with Gasteiger partial charge in [-0.1, -0.05) is 0 Å². The van der Waals surface area contributed by atoms with E-state index in [9.17, 15) is 18.0 Å². The van der Waals surface area contributed by atoms with E-state index in [4.69, 9.17) is 9.84 Å². The van der Waals surface area contributed by atoms with Crippen LogP contribution in [0.3, 0.4) is 0 Å². The normalized spacial score (nSPS) is 18.6. The summed E-state index contributed by atoms with van der Waals surface area (Å²) in [6, 6.07) is 1.68. The summed E-state index contributed by atoms with van der Waals surface area (Å²) < 4.78 is 31.3. The molecule has 1 aromatic rings. The summed E-state index contributed by atoms with van der Waals surface area (Å²) >= 11 is 0. The number of carboxylic acid groups (broad SMARTS) is 1. The maximum atomic E-state index is 12.6. The third-order valence-corrected chi connectivity index (χ3v) is 5.05. The monoisotopic (exact) mass is 374 g/mol. The van der Waals surface area contributed by atoms with E-state index in [2.05, 4.69) is 5.10 Å². The van der Waals surface area contributed by atoms with E-state index < -0.39 is 28.6 Å². The predicted molar refractivity (Wildman–Crippen MR) is 87.6 cm³/mol. The minimum atomic E-state index is -3.70. The SMILES string of the molecule is Cc1cc(C(=O)N2CCOC(CN(CC(=O)O)S(C)(=O)=O)C2)n(C)n1. The summed E-state index contributed by atoms with van der Waals surface area (Å²) in [5, 5.41) is 13.0. The van der Waals surface area contributed by atoms with Crippen molar-refractivity contribution in [2.24, 2.45) is 7.05 Å². The number of morpholine rings is 1. The lowest BCUT2D eigenvalue weighted by Crippen LogP contribution is -2.51. The van der Waals surface area contributed by atoms with E-state index in [0.717, 1.165) is 16.3 Å². The Morgan fingerprint density at radius 2 is 2.16 bits per heavy atom. The van der Waals surface area contributed by atoms with Crippen LogP contribution in [0.15, 0.2) is 6.07 Å². The highest BCUT2D eigenvalue weighted by Gasteiger charge is 2.31. The van der Waals surface area contributed by atoms with Crippen LogP contribution in [0.25, 0.3) is 0 Å². The van der Waals surface area contributed by atoms with Crippen molar-refractivity contribution in [2.45, 2.75) is 13.0 Å². The molecule has 0 saturated carbocycles. The standard InChI is InChI=1S/C14H22N4O6S/c1-10-6-12(16(2)15-10)14(21)17-4-5-24-11(7-17)8-18(9-13(19)20)25(3,22)23/h6,11H,4-5,7-9H2,1-3H3,(H,19,20). The number of rotatable bonds is 6. The molecule has 1 saturated heterocycles. The van der Waals surface area contributed by atoms with Gasteiger partial charge < -0.3 is 14.7 Å². The van der Waals surface area contributed by atoms with Gasteiger partial charge in [0.05, 0.1) is 24.7 Å². The average molecular weight is 374 g/mol. The molecule has 1 unspecified atom stereocenters. The van der Waals surface area contributed by atoms with Crippen LogP contribution in [0.4, 0.5) is 0 Å². The zero-order chi connectivity index (χ0) is 18.8. The molecule has 0 aromatic carbocycles. The number of aryl methyl sites for hydroxylation is 2. The highest BCUT2D eigenvalue weighted by Crippen LogP contribution is 2.13. The Labute approximate surface area is 146 Å². The van der Waals surface area contributed by atoms with Gasteiger partial charge in [-0.15, -0.1) is 0 Å². The molecule has 10 nitrogen and oxygen atoms in total. The Morgan fingerprint density at radius 3 is 2.68 bits per heavy atom. The van der Waals surface area contributed by atoms with Gasteiger partial charge in [-0.25, -0.2) is 8.42 Å². The lowest BCUT2D eigenvalue weighted by Gasteiger charge is -2.34. The second kappa shape index (κ2) is 7.50. The van der Waals surface area contributed by atoms with Crippen molar-refractivity contribution in [1.29, 1.82) is 0 Å². The van der Waals surface area contributed by atoms with Gasteiger partial charge in [-0.3, -0.25) is 14.3 Å². The lowest BCUT2D eigenvalue weighted by atomic mass is 10.2. The average Bonchev–Trinajstić information content (AvgIpc) is 2.83. The first-order valence-corrected chi connectivity index (χ1v) is 9.51. The first-order valence-electron chi connectivity index (χ1n) is 7.66. The molecule has 1 aliphatic heterocycles. The van der Waals surface area contributed by atoms with Crippen molar-refractivity contribution < 1.29 is 27.9 Å². The lowest BCUT2D eigenvalue weighted by molar-refractivity contribution is -0.137. The number of aliphatic carboxylic acids is 1. The molecular weight excluding hydrogens is 352 g/mol. The molecule has 1 aromatic heterocycles. The molecule has 0 bridgehead atoms. The van der Waals surface area contributed by atoms with Crippen LogP contribution < -0.4 is 0 Å². The van der Waals surface area contributed by atoms with Crippen molar-refractivity contribution in [3.63, 3.8) is 0 Å². The first kappa shape index (κ1) is 19.3. The van der Waals surface area contributed by atoms with E-state index in [1.54, 1.807) is 24.9 Å². The zero-order valence-electron chi connectivity index (χ0n) is 14.4. The Hall–Kier alpha value is -1.98. The molecule has 1 fully saturated rings. The minimum Gasteiger partial charge on any atom is -0.480 e. The van der Waals surface area contributed by atoms with E-state index >= 15 is 0 Å². The number of carbonyl (C=O) groups excluding carboxylic acids is 1. The summed E-state index contributed by atoms with van der Waals surface area (Å²) in [5.74, 6) is -1.47. The molecule has 0 aliphatic carbocycles. The fourth-order valence-corrected chi connectivity index (χ4v) is 3.46. The molecule has 1 atom stereocenters. The molecule has 0 radical (unpaired) electrons. The van der Waals surface area contributed by atoms with Crippen LogP contribution in [0.1, 0.15) is 16.2 Å². The molecule has 0 spiro atoms. The van der Waals surface area contributed by atoms with Gasteiger partial charge in [-0.2, -0.15) is 9.40 Å². The number of ether oxygens (including phenoxy) is 1. The maximum Gasteiger partial charge on any atom is 0.318 e. The second-order valence-electron chi connectivity index (χ2n) is 5.99. The Kier molecular flexibility index (Phi) is 5.80. The fourth-order valence-electron chi connectivity index (χ4n) is 2.68. The second-order valence-corrected chi connectivity index (χ2v) is 7.97. The van der Waals surface area contributed by atoms with Crippen molar-refractivity contribution in [1.82, 2.24) is 19.0 Å². The number of aromatic nitrogens is 2. The van der Waals surface area contributed by atoms with Crippen molar-refractivity contribution >= 4 is 21.9 Å². The number of carboxylic acids is 1. The molecule has 1 N–H and O–H groups in total. The molecule has 11 heteroatoms. The number of sulfonamides is 1. The van der Waals surface area contributed by atoms with Gasteiger partial charge in [0.15, 0.2) is 0 Å². The van der Waals surface area contributed by atoms with Crippen LogP contribution in [0.5, 0.6) is 0 Å². The summed E-state index contributed by atoms with van der Waals surface area (Å²) in [6.07, 6.45) is 0.348.